The first kappa shape index (κ1) is 20.4. The molecule has 3 N–H and O–H groups in total. The zero-order valence-corrected chi connectivity index (χ0v) is 16.4. The van der Waals surface area contributed by atoms with Gasteiger partial charge in [0.2, 0.25) is 0 Å². The summed E-state index contributed by atoms with van der Waals surface area (Å²) in [6.07, 6.45) is 0. The Labute approximate surface area is 168 Å². The smallest absolute Gasteiger partial charge is 0.327 e. The van der Waals surface area contributed by atoms with Gasteiger partial charge in [0, 0.05) is 13.1 Å². The van der Waals surface area contributed by atoms with Gasteiger partial charge in [0.15, 0.2) is 5.82 Å². The monoisotopic (exact) mass is 396 g/mol. The molecule has 0 saturated carbocycles. The van der Waals surface area contributed by atoms with Crippen LogP contribution >= 0.6 is 0 Å². The molecule has 2 aromatic carbocycles. The van der Waals surface area contributed by atoms with Crippen molar-refractivity contribution in [3.05, 3.63) is 71.0 Å². The minimum Gasteiger partial charge on any atom is -0.497 e. The molecule has 1 heterocycles. The van der Waals surface area contributed by atoms with Crippen LogP contribution in [0.1, 0.15) is 28.6 Å². The first-order valence-electron chi connectivity index (χ1n) is 9.12. The minimum atomic E-state index is -0.432. The third-order valence-corrected chi connectivity index (χ3v) is 4.49. The summed E-state index contributed by atoms with van der Waals surface area (Å²) in [6, 6.07) is 15.3. The van der Waals surface area contributed by atoms with Gasteiger partial charge in [-0.2, -0.15) is 0 Å². The van der Waals surface area contributed by atoms with Crippen molar-refractivity contribution < 1.29 is 14.3 Å². The summed E-state index contributed by atoms with van der Waals surface area (Å²) in [4.78, 5) is 11.7. The molecule has 152 valence electrons. The fourth-order valence-corrected chi connectivity index (χ4v) is 2.98. The van der Waals surface area contributed by atoms with E-state index < -0.39 is 5.97 Å². The molecule has 9 nitrogen and oxygen atoms in total. The van der Waals surface area contributed by atoms with E-state index >= 15 is 0 Å². The lowest BCUT2D eigenvalue weighted by molar-refractivity contribution is -0.141. The van der Waals surface area contributed by atoms with Crippen molar-refractivity contribution in [1.82, 2.24) is 25.5 Å². The van der Waals surface area contributed by atoms with Crippen LogP contribution in [-0.4, -0.2) is 40.4 Å². The lowest BCUT2D eigenvalue weighted by Gasteiger charge is -2.19. The van der Waals surface area contributed by atoms with E-state index in [0.29, 0.717) is 24.7 Å². The third kappa shape index (κ3) is 5.15. The number of carbonyl (C=O) groups is 1. The lowest BCUT2D eigenvalue weighted by atomic mass is 10.0. The van der Waals surface area contributed by atoms with Crippen LogP contribution in [0.25, 0.3) is 0 Å². The van der Waals surface area contributed by atoms with E-state index in [1.165, 1.54) is 11.8 Å². The number of nitrogens with one attached hydrogen (secondary N) is 1. The van der Waals surface area contributed by atoms with Crippen molar-refractivity contribution in [2.24, 2.45) is 5.73 Å². The van der Waals surface area contributed by atoms with Crippen LogP contribution in [0, 0.1) is 0 Å². The summed E-state index contributed by atoms with van der Waals surface area (Å²) < 4.78 is 11.5. The first-order chi connectivity index (χ1) is 14.1. The zero-order chi connectivity index (χ0) is 20.6. The van der Waals surface area contributed by atoms with Crippen molar-refractivity contribution >= 4 is 5.97 Å². The molecule has 0 aliphatic rings. The molecule has 0 saturated heterocycles. The molecule has 0 aliphatic heterocycles. The van der Waals surface area contributed by atoms with E-state index in [9.17, 15) is 4.79 Å². The fraction of sp³-hybridized carbons (Fsp3) is 0.300. The Morgan fingerprint density at radius 1 is 1.17 bits per heavy atom. The van der Waals surface area contributed by atoms with Gasteiger partial charge < -0.3 is 15.2 Å². The number of aromatic nitrogens is 4. The maximum Gasteiger partial charge on any atom is 0.327 e. The van der Waals surface area contributed by atoms with E-state index in [4.69, 9.17) is 15.2 Å². The number of benzene rings is 2. The topological polar surface area (TPSA) is 117 Å². The fourth-order valence-electron chi connectivity index (χ4n) is 2.98. The standard InChI is InChI=1S/C20H24N6O3/c1-28-17-8-4-7-16(10-17)19(20-23-24-25-26(20)13-18(27)29-2)22-12-15-6-3-5-14(9-15)11-21/h3-10,19,22H,11-13,21H2,1-2H3. The van der Waals surface area contributed by atoms with Crippen molar-refractivity contribution in [3.63, 3.8) is 0 Å². The van der Waals surface area contributed by atoms with Crippen molar-refractivity contribution in [1.29, 1.82) is 0 Å². The number of nitrogens with zero attached hydrogens (tertiary/aromatic N) is 4. The molecule has 1 atom stereocenters. The van der Waals surface area contributed by atoms with E-state index in [1.54, 1.807) is 7.11 Å². The zero-order valence-electron chi connectivity index (χ0n) is 16.4. The van der Waals surface area contributed by atoms with Gasteiger partial charge in [0.05, 0.1) is 20.3 Å². The highest BCUT2D eigenvalue weighted by Crippen LogP contribution is 2.24. The first-order valence-corrected chi connectivity index (χ1v) is 9.12. The number of hydrogen-bond acceptors (Lipinski definition) is 8. The van der Waals surface area contributed by atoms with E-state index in [2.05, 4.69) is 20.8 Å². The predicted molar refractivity (Wildman–Crippen MR) is 106 cm³/mol. The van der Waals surface area contributed by atoms with Crippen LogP contribution in [0.4, 0.5) is 0 Å². The van der Waals surface area contributed by atoms with Crippen LogP contribution in [0.5, 0.6) is 5.75 Å². The van der Waals surface area contributed by atoms with Gasteiger partial charge in [-0.25, -0.2) is 4.68 Å². The molecule has 0 fully saturated rings. The molecule has 0 radical (unpaired) electrons. The average molecular weight is 396 g/mol. The van der Waals surface area contributed by atoms with Gasteiger partial charge in [0.1, 0.15) is 12.3 Å². The highest BCUT2D eigenvalue weighted by atomic mass is 16.5. The van der Waals surface area contributed by atoms with E-state index in [1.807, 2.05) is 48.5 Å². The van der Waals surface area contributed by atoms with Crippen LogP contribution in [0.3, 0.4) is 0 Å². The number of esters is 1. The summed E-state index contributed by atoms with van der Waals surface area (Å²) >= 11 is 0. The SMILES string of the molecule is COC(=O)Cn1nnnc1C(NCc1cccc(CN)c1)c1cccc(OC)c1. The van der Waals surface area contributed by atoms with Gasteiger partial charge in [0.25, 0.3) is 0 Å². The van der Waals surface area contributed by atoms with Gasteiger partial charge >= 0.3 is 5.97 Å². The van der Waals surface area contributed by atoms with Crippen molar-refractivity contribution in [2.75, 3.05) is 14.2 Å². The Hall–Kier alpha value is -3.30. The molecule has 29 heavy (non-hydrogen) atoms. The molecule has 3 aromatic rings. The van der Waals surface area contributed by atoms with E-state index in [-0.39, 0.29) is 12.6 Å². The number of tetrazole rings is 1. The molecule has 0 aliphatic carbocycles. The second-order valence-electron chi connectivity index (χ2n) is 6.39. The average Bonchev–Trinajstić information content (AvgIpc) is 3.21. The molecule has 0 amide bonds. The summed E-state index contributed by atoms with van der Waals surface area (Å²) in [5.74, 6) is 0.781. The van der Waals surface area contributed by atoms with Gasteiger partial charge in [-0.15, -0.1) is 5.10 Å². The number of nitrogens with two attached hydrogens (primary N) is 1. The molecular formula is C20H24N6O3. The number of hydrogen-bond donors (Lipinski definition) is 2. The Bertz CT molecular complexity index is 959. The molecule has 9 heteroatoms. The maximum atomic E-state index is 11.7. The summed E-state index contributed by atoms with van der Waals surface area (Å²) in [6.45, 7) is 0.953. The van der Waals surface area contributed by atoms with Crippen LogP contribution in [0.2, 0.25) is 0 Å². The van der Waals surface area contributed by atoms with Gasteiger partial charge in [-0.05, 0) is 39.2 Å². The Kier molecular flexibility index (Phi) is 6.88. The number of ether oxygens (including phenoxy) is 2. The van der Waals surface area contributed by atoms with Crippen molar-refractivity contribution in [3.8, 4) is 5.75 Å². The minimum absolute atomic E-state index is 0.0797. The highest BCUT2D eigenvalue weighted by Gasteiger charge is 2.23. The second kappa shape index (κ2) is 9.76. The molecule has 1 aromatic heterocycles. The summed E-state index contributed by atoms with van der Waals surface area (Å²) in [5, 5.41) is 15.3. The molecular weight excluding hydrogens is 372 g/mol. The number of carbonyl (C=O) groups excluding carboxylic acids is 1. The van der Waals surface area contributed by atoms with Crippen LogP contribution < -0.4 is 15.8 Å². The Morgan fingerprint density at radius 3 is 2.72 bits per heavy atom. The van der Waals surface area contributed by atoms with Crippen LogP contribution in [-0.2, 0) is 29.2 Å². The summed E-state index contributed by atoms with van der Waals surface area (Å²) in [7, 11) is 2.94. The largest absolute Gasteiger partial charge is 0.497 e. The molecule has 3 rings (SSSR count). The molecule has 1 unspecified atom stereocenters. The van der Waals surface area contributed by atoms with Crippen LogP contribution in [0.15, 0.2) is 48.5 Å². The lowest BCUT2D eigenvalue weighted by Crippen LogP contribution is -2.27. The maximum absolute atomic E-state index is 11.7. The summed E-state index contributed by atoms with van der Waals surface area (Å²) in [5.41, 5.74) is 8.78. The predicted octanol–water partition coefficient (Wildman–Crippen LogP) is 1.19. The second-order valence-corrected chi connectivity index (χ2v) is 6.39. The number of rotatable bonds is 9. The van der Waals surface area contributed by atoms with Gasteiger partial charge in [-0.3, -0.25) is 10.1 Å². The van der Waals surface area contributed by atoms with Crippen molar-refractivity contribution in [2.45, 2.75) is 25.7 Å². The highest BCUT2D eigenvalue weighted by molar-refractivity contribution is 5.68. The molecule has 0 spiro atoms. The third-order valence-electron chi connectivity index (χ3n) is 4.49. The Morgan fingerprint density at radius 2 is 1.97 bits per heavy atom. The quantitative estimate of drug-likeness (QED) is 0.518. The Balaban J connectivity index is 1.92. The normalized spacial score (nSPS) is 11.8. The molecule has 0 bridgehead atoms. The number of methoxy groups -OCH3 is 2. The van der Waals surface area contributed by atoms with Gasteiger partial charge in [-0.1, -0.05) is 36.4 Å². The van der Waals surface area contributed by atoms with E-state index in [0.717, 1.165) is 16.7 Å².